The number of alkyl halides is 3. The molecule has 1 saturated carbocycles. The Kier molecular flexibility index (Phi) is 4.88. The van der Waals surface area contributed by atoms with E-state index in [-0.39, 0.29) is 18.4 Å². The zero-order chi connectivity index (χ0) is 15.5. The lowest BCUT2D eigenvalue weighted by molar-refractivity contribution is -0.137. The van der Waals surface area contributed by atoms with Crippen LogP contribution in [-0.4, -0.2) is 23.2 Å². The van der Waals surface area contributed by atoms with Crippen LogP contribution in [0.5, 0.6) is 0 Å². The molecule has 0 saturated heterocycles. The molecule has 0 spiro atoms. The van der Waals surface area contributed by atoms with Gasteiger partial charge in [-0.2, -0.15) is 13.2 Å². The SMILES string of the molecule is O=C(Cc1ccc(C(F)(F)F)cc1)N[C@H]1CCCC[C@@H]1O. The molecule has 21 heavy (non-hydrogen) atoms. The molecule has 2 N–H and O–H groups in total. The van der Waals surface area contributed by atoms with Crippen molar-refractivity contribution in [3.05, 3.63) is 35.4 Å². The Hall–Kier alpha value is -1.56. The van der Waals surface area contributed by atoms with Gasteiger partial charge in [0.2, 0.25) is 5.91 Å². The van der Waals surface area contributed by atoms with E-state index in [2.05, 4.69) is 5.32 Å². The van der Waals surface area contributed by atoms with Gasteiger partial charge in [0.15, 0.2) is 0 Å². The number of aliphatic hydroxyl groups excluding tert-OH is 1. The lowest BCUT2D eigenvalue weighted by Gasteiger charge is -2.28. The van der Waals surface area contributed by atoms with Crippen molar-refractivity contribution in [3.63, 3.8) is 0 Å². The summed E-state index contributed by atoms with van der Waals surface area (Å²) in [6, 6.07) is 4.30. The minimum atomic E-state index is -4.37. The fourth-order valence-corrected chi connectivity index (χ4v) is 2.53. The van der Waals surface area contributed by atoms with E-state index < -0.39 is 17.8 Å². The van der Waals surface area contributed by atoms with Crippen LogP contribution < -0.4 is 5.32 Å². The highest BCUT2D eigenvalue weighted by molar-refractivity contribution is 5.78. The van der Waals surface area contributed by atoms with Gasteiger partial charge in [-0.3, -0.25) is 4.79 Å². The largest absolute Gasteiger partial charge is 0.416 e. The topological polar surface area (TPSA) is 49.3 Å². The Morgan fingerprint density at radius 3 is 2.38 bits per heavy atom. The molecule has 2 atom stereocenters. The van der Waals surface area contributed by atoms with E-state index in [9.17, 15) is 23.1 Å². The van der Waals surface area contributed by atoms with Crippen LogP contribution in [0, 0.1) is 0 Å². The van der Waals surface area contributed by atoms with Crippen molar-refractivity contribution in [2.75, 3.05) is 0 Å². The standard InChI is InChI=1S/C15H18F3NO2/c16-15(17,18)11-7-5-10(6-8-11)9-14(21)19-12-3-1-2-4-13(12)20/h5-8,12-13,20H,1-4,9H2,(H,19,21)/t12-,13-/m0/s1. The third-order valence-electron chi connectivity index (χ3n) is 3.72. The molecule has 0 bridgehead atoms. The van der Waals surface area contributed by atoms with Crippen molar-refractivity contribution in [2.24, 2.45) is 0 Å². The van der Waals surface area contributed by atoms with Gasteiger partial charge in [-0.1, -0.05) is 25.0 Å². The molecule has 3 nitrogen and oxygen atoms in total. The van der Waals surface area contributed by atoms with Gasteiger partial charge < -0.3 is 10.4 Å². The number of benzene rings is 1. The van der Waals surface area contributed by atoms with Gasteiger partial charge in [-0.15, -0.1) is 0 Å². The number of carbonyl (C=O) groups is 1. The van der Waals surface area contributed by atoms with Crippen molar-refractivity contribution in [1.82, 2.24) is 5.32 Å². The number of aliphatic hydroxyl groups is 1. The summed E-state index contributed by atoms with van der Waals surface area (Å²) in [5, 5.41) is 12.5. The van der Waals surface area contributed by atoms with Crippen LogP contribution in [0.2, 0.25) is 0 Å². The van der Waals surface area contributed by atoms with Gasteiger partial charge in [-0.25, -0.2) is 0 Å². The van der Waals surface area contributed by atoms with Crippen LogP contribution in [-0.2, 0) is 17.4 Å². The molecule has 0 aromatic heterocycles. The maximum Gasteiger partial charge on any atom is 0.416 e. The maximum atomic E-state index is 12.4. The van der Waals surface area contributed by atoms with Gasteiger partial charge >= 0.3 is 6.18 Å². The molecule has 0 radical (unpaired) electrons. The molecule has 6 heteroatoms. The van der Waals surface area contributed by atoms with Crippen molar-refractivity contribution in [2.45, 2.75) is 50.4 Å². The summed E-state index contributed by atoms with van der Waals surface area (Å²) >= 11 is 0. The number of nitrogens with one attached hydrogen (secondary N) is 1. The third-order valence-corrected chi connectivity index (χ3v) is 3.72. The predicted octanol–water partition coefficient (Wildman–Crippen LogP) is 2.67. The molecular weight excluding hydrogens is 283 g/mol. The van der Waals surface area contributed by atoms with E-state index in [1.807, 2.05) is 0 Å². The van der Waals surface area contributed by atoms with Crippen molar-refractivity contribution in [3.8, 4) is 0 Å². The monoisotopic (exact) mass is 301 g/mol. The first-order valence-electron chi connectivity index (χ1n) is 7.00. The lowest BCUT2D eigenvalue weighted by atomic mass is 9.92. The fraction of sp³-hybridized carbons (Fsp3) is 0.533. The number of halogens is 3. The minimum absolute atomic E-state index is 0.0152. The van der Waals surface area contributed by atoms with Crippen LogP contribution in [0.15, 0.2) is 24.3 Å². The summed E-state index contributed by atoms with van der Waals surface area (Å²) in [4.78, 5) is 11.9. The molecule has 116 valence electrons. The molecule has 1 aliphatic carbocycles. The second-order valence-corrected chi connectivity index (χ2v) is 5.40. The fourth-order valence-electron chi connectivity index (χ4n) is 2.53. The molecule has 1 aromatic carbocycles. The molecule has 1 fully saturated rings. The first-order chi connectivity index (χ1) is 9.86. The first-order valence-corrected chi connectivity index (χ1v) is 7.00. The van der Waals surface area contributed by atoms with Gasteiger partial charge in [0.1, 0.15) is 0 Å². The molecule has 0 heterocycles. The highest BCUT2D eigenvalue weighted by Gasteiger charge is 2.30. The van der Waals surface area contributed by atoms with E-state index >= 15 is 0 Å². The van der Waals surface area contributed by atoms with E-state index in [0.717, 1.165) is 31.4 Å². The van der Waals surface area contributed by atoms with Gasteiger partial charge in [0.05, 0.1) is 24.1 Å². The number of hydrogen-bond acceptors (Lipinski definition) is 2. The van der Waals surface area contributed by atoms with Crippen LogP contribution in [0.3, 0.4) is 0 Å². The summed E-state index contributed by atoms with van der Waals surface area (Å²) in [5.74, 6) is -0.277. The van der Waals surface area contributed by atoms with Gasteiger partial charge in [0.25, 0.3) is 0 Å². The highest BCUT2D eigenvalue weighted by atomic mass is 19.4. The number of amides is 1. The van der Waals surface area contributed by atoms with E-state index in [0.29, 0.717) is 12.0 Å². The average molecular weight is 301 g/mol. The smallest absolute Gasteiger partial charge is 0.391 e. The van der Waals surface area contributed by atoms with Gasteiger partial charge in [0, 0.05) is 0 Å². The summed E-state index contributed by atoms with van der Waals surface area (Å²) in [6.07, 6.45) is -1.57. The zero-order valence-electron chi connectivity index (χ0n) is 11.5. The van der Waals surface area contributed by atoms with E-state index in [1.165, 1.54) is 12.1 Å². The summed E-state index contributed by atoms with van der Waals surface area (Å²) < 4.78 is 37.3. The summed E-state index contributed by atoms with van der Waals surface area (Å²) in [5.41, 5.74) is -0.208. The minimum Gasteiger partial charge on any atom is -0.391 e. The van der Waals surface area contributed by atoms with E-state index in [1.54, 1.807) is 0 Å². The normalized spacial score (nSPS) is 22.9. The Balaban J connectivity index is 1.90. The maximum absolute atomic E-state index is 12.4. The average Bonchev–Trinajstić information content (AvgIpc) is 2.41. The summed E-state index contributed by atoms with van der Waals surface area (Å²) in [6.45, 7) is 0. The molecule has 1 aromatic rings. The molecular formula is C15H18F3NO2. The third kappa shape index (κ3) is 4.46. The number of carbonyl (C=O) groups excluding carboxylic acids is 1. The molecule has 1 aliphatic rings. The second-order valence-electron chi connectivity index (χ2n) is 5.40. The van der Waals surface area contributed by atoms with Crippen molar-refractivity contribution in [1.29, 1.82) is 0 Å². The van der Waals surface area contributed by atoms with Crippen LogP contribution in [0.4, 0.5) is 13.2 Å². The van der Waals surface area contributed by atoms with Crippen LogP contribution in [0.25, 0.3) is 0 Å². The zero-order valence-corrected chi connectivity index (χ0v) is 11.5. The number of hydrogen-bond donors (Lipinski definition) is 2. The molecule has 0 aliphatic heterocycles. The Labute approximate surface area is 121 Å². The number of rotatable bonds is 3. The van der Waals surface area contributed by atoms with E-state index in [4.69, 9.17) is 0 Å². The predicted molar refractivity (Wildman–Crippen MR) is 71.6 cm³/mol. The first kappa shape index (κ1) is 15.8. The molecule has 0 unspecified atom stereocenters. The van der Waals surface area contributed by atoms with Crippen molar-refractivity contribution < 1.29 is 23.1 Å². The molecule has 2 rings (SSSR count). The van der Waals surface area contributed by atoms with Gasteiger partial charge in [-0.05, 0) is 30.5 Å². The van der Waals surface area contributed by atoms with Crippen LogP contribution in [0.1, 0.15) is 36.8 Å². The lowest BCUT2D eigenvalue weighted by Crippen LogP contribution is -2.45. The molecule has 1 amide bonds. The van der Waals surface area contributed by atoms with Crippen LogP contribution >= 0.6 is 0 Å². The van der Waals surface area contributed by atoms with Crippen molar-refractivity contribution >= 4 is 5.91 Å². The highest BCUT2D eigenvalue weighted by Crippen LogP contribution is 2.29. The quantitative estimate of drug-likeness (QED) is 0.902. The Morgan fingerprint density at radius 1 is 1.19 bits per heavy atom. The summed E-state index contributed by atoms with van der Waals surface area (Å²) in [7, 11) is 0. The second kappa shape index (κ2) is 6.47. The Bertz CT molecular complexity index is 485. The Morgan fingerprint density at radius 2 is 1.81 bits per heavy atom.